The van der Waals surface area contributed by atoms with Crippen molar-refractivity contribution in [2.24, 2.45) is 5.92 Å². The van der Waals surface area contributed by atoms with E-state index in [1.165, 1.54) is 44.8 Å². The van der Waals surface area contributed by atoms with Crippen molar-refractivity contribution >= 4 is 23.2 Å². The molecular weight excluding hydrogens is 621 g/mol. The van der Waals surface area contributed by atoms with Gasteiger partial charge in [-0.25, -0.2) is 8.93 Å². The number of aliphatic hydroxyl groups is 1. The number of hydrogen-bond donors (Lipinski definition) is 3. The molecule has 0 radical (unpaired) electrons. The summed E-state index contributed by atoms with van der Waals surface area (Å²) in [7, 11) is 0.199. The molecule has 0 aliphatic heterocycles. The Balaban J connectivity index is 0.000000398. The first kappa shape index (κ1) is 42.4. The molecule has 3 unspecified atom stereocenters. The second-order valence-electron chi connectivity index (χ2n) is 12.5. The fourth-order valence-electron chi connectivity index (χ4n) is 5.36. The summed E-state index contributed by atoms with van der Waals surface area (Å²) in [6, 6.07) is 28.6. The van der Waals surface area contributed by atoms with Crippen LogP contribution in [0.2, 0.25) is 0 Å². The Morgan fingerprint density at radius 2 is 1.53 bits per heavy atom. The van der Waals surface area contributed by atoms with Gasteiger partial charge in [-0.05, 0) is 81.0 Å². The SMILES string of the molecule is C#CNSOC.CC.CCC(O)(Cc1ccccc1)C(C)NS(=O)c1ccc(C)cc1.Cc1ccc(C2(CCC(C)C)CCC2)cc1. The minimum atomic E-state index is -1.34. The lowest BCUT2D eigenvalue weighted by Crippen LogP contribution is -2.50. The smallest absolute Gasteiger partial charge is 0.125 e. The highest BCUT2D eigenvalue weighted by atomic mass is 32.2. The minimum Gasteiger partial charge on any atom is -0.388 e. The van der Waals surface area contributed by atoms with Crippen molar-refractivity contribution in [2.45, 2.75) is 122 Å². The molecule has 0 saturated heterocycles. The second kappa shape index (κ2) is 22.9. The predicted octanol–water partition coefficient (Wildman–Crippen LogP) is 9.63. The minimum absolute atomic E-state index is 0.296. The quantitative estimate of drug-likeness (QED) is 0.0552. The van der Waals surface area contributed by atoms with Crippen molar-refractivity contribution in [3.05, 3.63) is 101 Å². The Hall–Kier alpha value is -2.60. The van der Waals surface area contributed by atoms with E-state index in [-0.39, 0.29) is 6.04 Å². The third-order valence-corrected chi connectivity index (χ3v) is 10.3. The van der Waals surface area contributed by atoms with Crippen molar-refractivity contribution in [3.63, 3.8) is 0 Å². The molecule has 0 bridgehead atoms. The van der Waals surface area contributed by atoms with Gasteiger partial charge in [0.15, 0.2) is 0 Å². The molecule has 0 heterocycles. The van der Waals surface area contributed by atoms with E-state index in [9.17, 15) is 9.32 Å². The maximum absolute atomic E-state index is 12.5. The maximum atomic E-state index is 12.5. The summed E-state index contributed by atoms with van der Waals surface area (Å²) in [5, 5.41) is 11.0. The second-order valence-corrected chi connectivity index (χ2v) is 14.4. The molecule has 7 heteroatoms. The molecule has 0 aromatic heterocycles. The highest BCUT2D eigenvalue weighted by Gasteiger charge is 2.38. The van der Waals surface area contributed by atoms with Crippen LogP contribution in [0.15, 0.2) is 83.8 Å². The maximum Gasteiger partial charge on any atom is 0.125 e. The van der Waals surface area contributed by atoms with Crippen molar-refractivity contribution < 1.29 is 13.5 Å². The van der Waals surface area contributed by atoms with Gasteiger partial charge in [-0.3, -0.25) is 8.91 Å². The molecule has 4 rings (SSSR count). The summed E-state index contributed by atoms with van der Waals surface area (Å²) in [6.07, 6.45) is 12.9. The zero-order valence-electron chi connectivity index (χ0n) is 30.3. The van der Waals surface area contributed by atoms with Crippen molar-refractivity contribution in [2.75, 3.05) is 7.11 Å². The molecule has 3 N–H and O–H groups in total. The molecule has 1 aliphatic rings. The monoisotopic (exact) mass is 680 g/mol. The van der Waals surface area contributed by atoms with Crippen LogP contribution >= 0.6 is 12.2 Å². The highest BCUT2D eigenvalue weighted by molar-refractivity contribution is 7.92. The largest absolute Gasteiger partial charge is 0.388 e. The van der Waals surface area contributed by atoms with Gasteiger partial charge in [-0.15, -0.1) is 0 Å². The number of terminal acetylenes is 1. The summed E-state index contributed by atoms with van der Waals surface area (Å²) in [4.78, 5) is 0.723. The average Bonchev–Trinajstić information content (AvgIpc) is 3.06. The Labute approximate surface area is 294 Å². The van der Waals surface area contributed by atoms with Crippen LogP contribution in [0.5, 0.6) is 0 Å². The van der Waals surface area contributed by atoms with Crippen molar-refractivity contribution in [1.82, 2.24) is 9.44 Å². The first-order valence-electron chi connectivity index (χ1n) is 17.0. The first-order valence-corrected chi connectivity index (χ1v) is 18.9. The first-order chi connectivity index (χ1) is 22.5. The van der Waals surface area contributed by atoms with Crippen LogP contribution in [0.1, 0.15) is 102 Å². The molecule has 5 nitrogen and oxygen atoms in total. The van der Waals surface area contributed by atoms with Gasteiger partial charge in [0, 0.05) is 18.5 Å². The van der Waals surface area contributed by atoms with Gasteiger partial charge < -0.3 is 5.11 Å². The van der Waals surface area contributed by atoms with Crippen molar-refractivity contribution in [3.8, 4) is 12.5 Å². The molecular formula is C40H60N2O3S2. The van der Waals surface area contributed by atoms with Crippen LogP contribution in [-0.4, -0.2) is 28.1 Å². The third-order valence-electron chi connectivity index (χ3n) is 8.65. The van der Waals surface area contributed by atoms with E-state index < -0.39 is 16.6 Å². The molecule has 1 fully saturated rings. The number of aryl methyl sites for hydroxylation is 2. The Morgan fingerprint density at radius 3 is 1.96 bits per heavy atom. The van der Waals surface area contributed by atoms with E-state index in [0.29, 0.717) is 18.3 Å². The molecule has 0 amide bonds. The zero-order chi connectivity index (χ0) is 35.3. The molecule has 47 heavy (non-hydrogen) atoms. The van der Waals surface area contributed by atoms with Crippen LogP contribution in [-0.2, 0) is 27.0 Å². The van der Waals surface area contributed by atoms with Gasteiger partial charge in [-0.2, -0.15) is 0 Å². The standard InChI is InChI=1S/C19H25NO2S.C16H24.C3H5NOS.C2H6/c1-4-19(21,14-17-8-6-5-7-9-17)16(3)20-23(22)18-12-10-15(2)11-13-18;1-13(2)9-12-16(10-4-11-16)15-7-5-14(3)6-8-15;1-3-4-6-5-2;1-2/h5-13,16,20-21H,4,14H2,1-3H3;5-8,13H,4,9-12H2,1-3H3;1,4H,2H3;1-2H3. The Morgan fingerprint density at radius 1 is 0.979 bits per heavy atom. The summed E-state index contributed by atoms with van der Waals surface area (Å²) < 4.78 is 22.4. The molecule has 1 saturated carbocycles. The number of nitrogens with one attached hydrogen (secondary N) is 2. The van der Waals surface area contributed by atoms with E-state index in [0.717, 1.165) is 34.2 Å². The van der Waals surface area contributed by atoms with E-state index in [2.05, 4.69) is 64.7 Å². The van der Waals surface area contributed by atoms with Crippen LogP contribution < -0.4 is 9.44 Å². The predicted molar refractivity (Wildman–Crippen MR) is 204 cm³/mol. The molecule has 0 spiro atoms. The molecule has 3 aromatic rings. The molecule has 260 valence electrons. The summed E-state index contributed by atoms with van der Waals surface area (Å²) in [6.45, 7) is 16.7. The average molecular weight is 681 g/mol. The fraction of sp³-hybridized carbons (Fsp3) is 0.500. The molecule has 1 aliphatic carbocycles. The van der Waals surface area contributed by atoms with Gasteiger partial charge in [0.2, 0.25) is 0 Å². The van der Waals surface area contributed by atoms with E-state index in [1.54, 1.807) is 5.56 Å². The summed E-state index contributed by atoms with van der Waals surface area (Å²) in [5.74, 6) is 0.836. The van der Waals surface area contributed by atoms with Gasteiger partial charge >= 0.3 is 0 Å². The third kappa shape index (κ3) is 15.0. The fourth-order valence-corrected chi connectivity index (χ4v) is 6.55. The van der Waals surface area contributed by atoms with Gasteiger partial charge in [0.1, 0.15) is 23.2 Å². The summed E-state index contributed by atoms with van der Waals surface area (Å²) >= 11 is 1.02. The van der Waals surface area contributed by atoms with Crippen molar-refractivity contribution in [1.29, 1.82) is 0 Å². The highest BCUT2D eigenvalue weighted by Crippen LogP contribution is 2.47. The summed E-state index contributed by atoms with van der Waals surface area (Å²) in [5.41, 5.74) is 4.77. The van der Waals surface area contributed by atoms with E-state index in [4.69, 9.17) is 6.42 Å². The topological polar surface area (TPSA) is 70.6 Å². The van der Waals surface area contributed by atoms with Crippen LogP contribution in [0, 0.1) is 32.2 Å². The molecule has 3 aromatic carbocycles. The van der Waals surface area contributed by atoms with E-state index in [1.807, 2.05) is 89.2 Å². The lowest BCUT2D eigenvalue weighted by molar-refractivity contribution is 0.0112. The van der Waals surface area contributed by atoms with Crippen LogP contribution in [0.25, 0.3) is 0 Å². The number of benzene rings is 3. The number of rotatable bonds is 13. The van der Waals surface area contributed by atoms with Gasteiger partial charge in [0.05, 0.1) is 17.6 Å². The lowest BCUT2D eigenvalue weighted by Gasteiger charge is -2.43. The van der Waals surface area contributed by atoms with Gasteiger partial charge in [-0.1, -0.05) is 132 Å². The zero-order valence-corrected chi connectivity index (χ0v) is 31.9. The van der Waals surface area contributed by atoms with Gasteiger partial charge in [0.25, 0.3) is 0 Å². The Bertz CT molecular complexity index is 1300. The number of hydrogen-bond acceptors (Lipinski definition) is 5. The van der Waals surface area contributed by atoms with Crippen LogP contribution in [0.4, 0.5) is 0 Å². The molecule has 3 atom stereocenters. The van der Waals surface area contributed by atoms with Crippen LogP contribution in [0.3, 0.4) is 0 Å². The Kier molecular flexibility index (Phi) is 20.6. The van der Waals surface area contributed by atoms with E-state index >= 15 is 0 Å². The lowest BCUT2D eigenvalue weighted by atomic mass is 9.61. The normalized spacial score (nSPS) is 15.4.